The van der Waals surface area contributed by atoms with Gasteiger partial charge in [-0.3, -0.25) is 0 Å². The summed E-state index contributed by atoms with van der Waals surface area (Å²) in [6.45, 7) is 1.51. The molecule has 5 atom stereocenters. The monoisotopic (exact) mass is 284 g/mol. The summed E-state index contributed by atoms with van der Waals surface area (Å²) >= 11 is 0. The minimum atomic E-state index is -1.48. The minimum Gasteiger partial charge on any atom is -0.478 e. The van der Waals surface area contributed by atoms with E-state index in [0.717, 1.165) is 0 Å². The Bertz CT molecular complexity index is 489. The van der Waals surface area contributed by atoms with E-state index in [-0.39, 0.29) is 11.3 Å². The van der Waals surface area contributed by atoms with Gasteiger partial charge in [0, 0.05) is 0 Å². The maximum absolute atomic E-state index is 11.1. The highest BCUT2D eigenvalue weighted by atomic mass is 16.7. The Labute approximate surface area is 115 Å². The molecule has 0 spiro atoms. The molecule has 1 aliphatic heterocycles. The highest BCUT2D eigenvalue weighted by Gasteiger charge is 2.43. The molecule has 0 aromatic heterocycles. The number of benzene rings is 1. The van der Waals surface area contributed by atoms with Gasteiger partial charge in [0.05, 0.1) is 6.10 Å². The maximum atomic E-state index is 11.1. The summed E-state index contributed by atoms with van der Waals surface area (Å²) < 4.78 is 10.6. The van der Waals surface area contributed by atoms with Gasteiger partial charge in [0.25, 0.3) is 0 Å². The first kappa shape index (κ1) is 14.7. The normalized spacial score (nSPS) is 33.7. The van der Waals surface area contributed by atoms with Crippen LogP contribution in [0.15, 0.2) is 24.3 Å². The molecule has 1 aromatic carbocycles. The zero-order valence-corrected chi connectivity index (χ0v) is 10.7. The summed E-state index contributed by atoms with van der Waals surface area (Å²) in [7, 11) is 0. The molecule has 0 aliphatic carbocycles. The van der Waals surface area contributed by atoms with Crippen LogP contribution in [0, 0.1) is 0 Å². The number of para-hydroxylation sites is 1. The van der Waals surface area contributed by atoms with E-state index in [1.54, 1.807) is 6.07 Å². The van der Waals surface area contributed by atoms with E-state index in [4.69, 9.17) is 14.6 Å². The highest BCUT2D eigenvalue weighted by molar-refractivity contribution is 5.90. The smallest absolute Gasteiger partial charge is 0.339 e. The third-order valence-electron chi connectivity index (χ3n) is 3.17. The lowest BCUT2D eigenvalue weighted by Crippen LogP contribution is -2.58. The van der Waals surface area contributed by atoms with Crippen LogP contribution >= 0.6 is 0 Å². The van der Waals surface area contributed by atoms with Crippen LogP contribution in [0.1, 0.15) is 17.3 Å². The molecule has 7 heteroatoms. The molecule has 1 heterocycles. The molecule has 0 radical (unpaired) electrons. The average molecular weight is 284 g/mol. The topological polar surface area (TPSA) is 116 Å². The lowest BCUT2D eigenvalue weighted by molar-refractivity contribution is -0.268. The van der Waals surface area contributed by atoms with E-state index >= 15 is 0 Å². The van der Waals surface area contributed by atoms with Gasteiger partial charge in [-0.15, -0.1) is 0 Å². The number of rotatable bonds is 3. The van der Waals surface area contributed by atoms with Crippen molar-refractivity contribution in [3.05, 3.63) is 29.8 Å². The first-order valence-corrected chi connectivity index (χ1v) is 6.10. The fraction of sp³-hybridized carbons (Fsp3) is 0.462. The van der Waals surface area contributed by atoms with Crippen molar-refractivity contribution in [3.63, 3.8) is 0 Å². The minimum absolute atomic E-state index is 0.0137. The lowest BCUT2D eigenvalue weighted by Gasteiger charge is -2.39. The Balaban J connectivity index is 2.20. The molecule has 1 fully saturated rings. The number of aliphatic hydroxyl groups is 3. The van der Waals surface area contributed by atoms with Crippen LogP contribution in [0.2, 0.25) is 0 Å². The van der Waals surface area contributed by atoms with Gasteiger partial charge in [-0.05, 0) is 19.1 Å². The first-order valence-electron chi connectivity index (χ1n) is 6.10. The molecule has 2 rings (SSSR count). The van der Waals surface area contributed by atoms with Crippen molar-refractivity contribution in [3.8, 4) is 5.75 Å². The molecule has 7 nitrogen and oxygen atoms in total. The van der Waals surface area contributed by atoms with Gasteiger partial charge in [0.2, 0.25) is 6.29 Å². The van der Waals surface area contributed by atoms with Gasteiger partial charge in [0.15, 0.2) is 0 Å². The zero-order chi connectivity index (χ0) is 14.9. The molecule has 1 aliphatic rings. The zero-order valence-electron chi connectivity index (χ0n) is 10.7. The van der Waals surface area contributed by atoms with Gasteiger partial charge < -0.3 is 29.9 Å². The number of hydrogen-bond donors (Lipinski definition) is 4. The number of aromatic carboxylic acids is 1. The Hall–Kier alpha value is -1.67. The molecular formula is C13H16O7. The van der Waals surface area contributed by atoms with Crippen molar-refractivity contribution in [2.24, 2.45) is 0 Å². The van der Waals surface area contributed by atoms with E-state index in [9.17, 15) is 20.1 Å². The molecule has 0 amide bonds. The molecular weight excluding hydrogens is 268 g/mol. The fourth-order valence-corrected chi connectivity index (χ4v) is 1.98. The number of aliphatic hydroxyl groups excluding tert-OH is 3. The summed E-state index contributed by atoms with van der Waals surface area (Å²) in [5, 5.41) is 38.1. The van der Waals surface area contributed by atoms with Crippen LogP contribution < -0.4 is 4.74 Å². The first-order chi connectivity index (χ1) is 9.41. The predicted octanol–water partition coefficient (Wildman–Crippen LogP) is -0.409. The van der Waals surface area contributed by atoms with Crippen LogP contribution in [-0.4, -0.2) is 57.1 Å². The van der Waals surface area contributed by atoms with Crippen molar-refractivity contribution in [2.45, 2.75) is 37.6 Å². The number of carbonyl (C=O) groups is 1. The molecule has 1 saturated heterocycles. The third-order valence-corrected chi connectivity index (χ3v) is 3.17. The SMILES string of the molecule is C[C@@H]1O[C@@H](Oc2ccccc2C(=O)O)[C@H](O)[C@H](O)[C@H]1O. The molecule has 4 N–H and O–H groups in total. The van der Waals surface area contributed by atoms with Crippen LogP contribution in [0.4, 0.5) is 0 Å². The molecule has 1 aromatic rings. The van der Waals surface area contributed by atoms with Gasteiger partial charge in [0.1, 0.15) is 29.6 Å². The summed E-state index contributed by atoms with van der Waals surface area (Å²) in [4.78, 5) is 11.1. The van der Waals surface area contributed by atoms with Gasteiger partial charge in [-0.2, -0.15) is 0 Å². The Kier molecular flexibility index (Phi) is 4.24. The fourth-order valence-electron chi connectivity index (χ4n) is 1.98. The molecule has 0 unspecified atom stereocenters. The lowest BCUT2D eigenvalue weighted by atomic mass is 10.00. The quantitative estimate of drug-likeness (QED) is 0.596. The van der Waals surface area contributed by atoms with Crippen LogP contribution in [0.25, 0.3) is 0 Å². The second-order valence-corrected chi connectivity index (χ2v) is 4.60. The number of ether oxygens (including phenoxy) is 2. The van der Waals surface area contributed by atoms with E-state index in [1.165, 1.54) is 25.1 Å². The Morgan fingerprint density at radius 2 is 1.80 bits per heavy atom. The molecule has 110 valence electrons. The van der Waals surface area contributed by atoms with E-state index in [0.29, 0.717) is 0 Å². The van der Waals surface area contributed by atoms with Gasteiger partial charge >= 0.3 is 5.97 Å². The van der Waals surface area contributed by atoms with Crippen LogP contribution in [-0.2, 0) is 4.74 Å². The average Bonchev–Trinajstić information content (AvgIpc) is 2.43. The number of carboxylic acid groups (broad SMARTS) is 1. The van der Waals surface area contributed by atoms with Crippen molar-refractivity contribution in [1.82, 2.24) is 0 Å². The number of hydrogen-bond acceptors (Lipinski definition) is 6. The third kappa shape index (κ3) is 2.75. The van der Waals surface area contributed by atoms with Crippen molar-refractivity contribution >= 4 is 5.97 Å². The molecule has 0 bridgehead atoms. The Morgan fingerprint density at radius 1 is 1.15 bits per heavy atom. The molecule has 0 saturated carbocycles. The molecule has 20 heavy (non-hydrogen) atoms. The number of carboxylic acids is 1. The van der Waals surface area contributed by atoms with Gasteiger partial charge in [-0.25, -0.2) is 4.79 Å². The second kappa shape index (κ2) is 5.76. The Morgan fingerprint density at radius 3 is 2.45 bits per heavy atom. The van der Waals surface area contributed by atoms with Crippen LogP contribution in [0.3, 0.4) is 0 Å². The maximum Gasteiger partial charge on any atom is 0.339 e. The van der Waals surface area contributed by atoms with Crippen molar-refractivity contribution in [2.75, 3.05) is 0 Å². The van der Waals surface area contributed by atoms with Crippen LogP contribution in [0.5, 0.6) is 5.75 Å². The van der Waals surface area contributed by atoms with E-state index in [1.807, 2.05) is 0 Å². The standard InChI is InChI=1S/C13H16O7/c1-6-9(14)10(15)11(16)13(19-6)20-8-5-3-2-4-7(8)12(17)18/h2-6,9-11,13-16H,1H3,(H,17,18)/t6-,9-,10+,11+,13-/m0/s1. The van der Waals surface area contributed by atoms with Gasteiger partial charge in [-0.1, -0.05) is 12.1 Å². The summed E-state index contributed by atoms with van der Waals surface area (Å²) in [6.07, 6.45) is -6.16. The van der Waals surface area contributed by atoms with Crippen molar-refractivity contribution in [1.29, 1.82) is 0 Å². The summed E-state index contributed by atoms with van der Waals surface area (Å²) in [5.41, 5.74) is -0.0865. The van der Waals surface area contributed by atoms with E-state index < -0.39 is 36.7 Å². The summed E-state index contributed by atoms with van der Waals surface area (Å²) in [5.74, 6) is -1.17. The summed E-state index contributed by atoms with van der Waals surface area (Å²) in [6, 6.07) is 5.88. The largest absolute Gasteiger partial charge is 0.478 e. The highest BCUT2D eigenvalue weighted by Crippen LogP contribution is 2.26. The van der Waals surface area contributed by atoms with E-state index in [2.05, 4.69) is 0 Å². The second-order valence-electron chi connectivity index (χ2n) is 4.60. The predicted molar refractivity (Wildman–Crippen MR) is 66.4 cm³/mol. The van der Waals surface area contributed by atoms with Crippen molar-refractivity contribution < 1.29 is 34.7 Å².